The third-order valence-corrected chi connectivity index (χ3v) is 7.74. The van der Waals surface area contributed by atoms with Crippen LogP contribution in [0.25, 0.3) is 0 Å². The first-order valence-electron chi connectivity index (χ1n) is 12.1. The van der Waals surface area contributed by atoms with E-state index >= 15 is 0 Å². The summed E-state index contributed by atoms with van der Waals surface area (Å²) < 4.78 is 10.6. The van der Waals surface area contributed by atoms with Crippen molar-refractivity contribution in [1.82, 2.24) is 15.1 Å². The largest absolute Gasteiger partial charge is 0.497 e. The number of thioether (sulfide) groups is 1. The second-order valence-electron chi connectivity index (χ2n) is 8.97. The highest BCUT2D eigenvalue weighted by Gasteiger charge is 2.41. The van der Waals surface area contributed by atoms with Crippen molar-refractivity contribution in [1.29, 1.82) is 0 Å². The number of ether oxygens (including phenoxy) is 2. The van der Waals surface area contributed by atoms with Gasteiger partial charge in [0.15, 0.2) is 5.17 Å². The zero-order valence-corrected chi connectivity index (χ0v) is 21.7. The number of nitrogens with one attached hydrogen (secondary N) is 1. The van der Waals surface area contributed by atoms with Crippen LogP contribution in [0.5, 0.6) is 5.75 Å². The first kappa shape index (κ1) is 25.3. The summed E-state index contributed by atoms with van der Waals surface area (Å²) in [7, 11) is 5.15. The summed E-state index contributed by atoms with van der Waals surface area (Å²) in [6, 6.07) is 7.73. The molecule has 9 heteroatoms. The lowest BCUT2D eigenvalue weighted by molar-refractivity contribution is -0.136. The van der Waals surface area contributed by atoms with E-state index < -0.39 is 12.0 Å². The van der Waals surface area contributed by atoms with Gasteiger partial charge in [-0.15, -0.1) is 0 Å². The Kier molecular flexibility index (Phi) is 8.18. The fourth-order valence-electron chi connectivity index (χ4n) is 4.99. The van der Waals surface area contributed by atoms with Gasteiger partial charge >= 0.3 is 5.97 Å². The Morgan fingerprint density at radius 1 is 1.29 bits per heavy atom. The smallest absolute Gasteiger partial charge is 0.338 e. The van der Waals surface area contributed by atoms with Gasteiger partial charge < -0.3 is 24.6 Å². The first-order valence-corrected chi connectivity index (χ1v) is 13.0. The van der Waals surface area contributed by atoms with E-state index in [-0.39, 0.29) is 12.3 Å². The van der Waals surface area contributed by atoms with Crippen LogP contribution in [0.15, 0.2) is 51.6 Å². The van der Waals surface area contributed by atoms with Gasteiger partial charge in [-0.1, -0.05) is 30.8 Å². The van der Waals surface area contributed by atoms with E-state index in [0.717, 1.165) is 29.4 Å². The van der Waals surface area contributed by atoms with Gasteiger partial charge in [0.25, 0.3) is 0 Å². The summed E-state index contributed by atoms with van der Waals surface area (Å²) in [6.07, 6.45) is 4.16. The normalized spacial score (nSPS) is 22.0. The highest BCUT2D eigenvalue weighted by atomic mass is 32.2. The zero-order chi connectivity index (χ0) is 24.9. The second-order valence-corrected chi connectivity index (χ2v) is 9.80. The maximum Gasteiger partial charge on any atom is 0.338 e. The Morgan fingerprint density at radius 3 is 2.80 bits per heavy atom. The number of hydrogen-bond donors (Lipinski definition) is 1. The number of nitrogens with zero attached hydrogens (tertiary/aromatic N) is 3. The number of fused-ring (bicyclic) bond motifs is 1. The molecule has 4 rings (SSSR count). The van der Waals surface area contributed by atoms with Gasteiger partial charge in [-0.3, -0.25) is 4.79 Å². The molecular formula is C26H34N4O4S. The summed E-state index contributed by atoms with van der Waals surface area (Å²) in [5.41, 5.74) is 2.88. The Bertz CT molecular complexity index is 1070. The number of rotatable bonds is 9. The van der Waals surface area contributed by atoms with Crippen molar-refractivity contribution in [2.45, 2.75) is 51.1 Å². The SMILES string of the molecule is CCC1=C(C(=O)OC)C(c2cccc(OC)c2)N2C(CC(=O)NCCC3CCCN3C)=CSC2=N1. The molecule has 3 aliphatic heterocycles. The van der Waals surface area contributed by atoms with Crippen LogP contribution in [-0.4, -0.2) is 67.2 Å². The van der Waals surface area contributed by atoms with Crippen LogP contribution < -0.4 is 10.1 Å². The molecule has 35 heavy (non-hydrogen) atoms. The fourth-order valence-corrected chi connectivity index (χ4v) is 5.93. The van der Waals surface area contributed by atoms with Crippen molar-refractivity contribution in [3.63, 3.8) is 0 Å². The van der Waals surface area contributed by atoms with Crippen LogP contribution >= 0.6 is 11.8 Å². The lowest BCUT2D eigenvalue weighted by Crippen LogP contribution is -2.38. The number of carbonyl (C=O) groups is 2. The van der Waals surface area contributed by atoms with Gasteiger partial charge in [-0.25, -0.2) is 9.79 Å². The van der Waals surface area contributed by atoms with Crippen molar-refractivity contribution in [2.75, 3.05) is 34.4 Å². The minimum Gasteiger partial charge on any atom is -0.497 e. The Labute approximate surface area is 211 Å². The number of amides is 1. The minimum atomic E-state index is -0.457. The number of benzene rings is 1. The molecule has 1 amide bonds. The Balaban J connectivity index is 1.56. The predicted octanol–water partition coefficient (Wildman–Crippen LogP) is 3.82. The van der Waals surface area contributed by atoms with Gasteiger partial charge in [-0.2, -0.15) is 0 Å². The summed E-state index contributed by atoms with van der Waals surface area (Å²) in [5, 5.41) is 5.81. The topological polar surface area (TPSA) is 83.5 Å². The number of methoxy groups -OCH3 is 2. The molecule has 0 bridgehead atoms. The number of amidine groups is 1. The monoisotopic (exact) mass is 498 g/mol. The van der Waals surface area contributed by atoms with Crippen molar-refractivity contribution in [3.8, 4) is 5.75 Å². The average molecular weight is 499 g/mol. The molecule has 2 unspecified atom stereocenters. The number of aliphatic imine (C=N–C) groups is 1. The molecule has 2 atom stereocenters. The van der Waals surface area contributed by atoms with E-state index in [9.17, 15) is 9.59 Å². The van der Waals surface area contributed by atoms with E-state index in [1.54, 1.807) is 7.11 Å². The van der Waals surface area contributed by atoms with Gasteiger partial charge in [0.05, 0.1) is 38.0 Å². The number of esters is 1. The van der Waals surface area contributed by atoms with Crippen LogP contribution in [-0.2, 0) is 14.3 Å². The lowest BCUT2D eigenvalue weighted by Gasteiger charge is -2.36. The fraction of sp³-hybridized carbons (Fsp3) is 0.500. The van der Waals surface area contributed by atoms with E-state index in [4.69, 9.17) is 14.5 Å². The Hall–Kier alpha value is -2.78. The summed E-state index contributed by atoms with van der Waals surface area (Å²) in [6.45, 7) is 3.76. The summed E-state index contributed by atoms with van der Waals surface area (Å²) in [5.74, 6) is 0.243. The van der Waals surface area contributed by atoms with E-state index in [0.29, 0.717) is 36.0 Å². The van der Waals surface area contributed by atoms with Crippen molar-refractivity contribution in [2.24, 2.45) is 4.99 Å². The van der Waals surface area contributed by atoms with Gasteiger partial charge in [0.2, 0.25) is 5.91 Å². The average Bonchev–Trinajstić information content (AvgIpc) is 3.47. The zero-order valence-electron chi connectivity index (χ0n) is 20.9. The molecule has 3 aliphatic rings. The van der Waals surface area contributed by atoms with Gasteiger partial charge in [0.1, 0.15) is 5.75 Å². The highest BCUT2D eigenvalue weighted by molar-refractivity contribution is 8.16. The molecule has 0 spiro atoms. The van der Waals surface area contributed by atoms with Crippen LogP contribution in [0, 0.1) is 0 Å². The molecule has 0 aromatic heterocycles. The molecule has 3 heterocycles. The molecule has 1 saturated heterocycles. The molecule has 0 radical (unpaired) electrons. The quantitative estimate of drug-likeness (QED) is 0.518. The van der Waals surface area contributed by atoms with Crippen LogP contribution in [0.4, 0.5) is 0 Å². The molecule has 0 aliphatic carbocycles. The van der Waals surface area contributed by atoms with Crippen LogP contribution in [0.1, 0.15) is 50.6 Å². The number of hydrogen-bond acceptors (Lipinski definition) is 8. The molecule has 1 aromatic carbocycles. The standard InChI is InChI=1S/C26H34N4O4S/c1-5-21-23(25(32)34-4)24(17-8-6-10-20(14-17)33-3)30-19(16-35-26(30)28-21)15-22(31)27-12-11-18-9-7-13-29(18)2/h6,8,10,14,16,18,24H,5,7,9,11-13,15H2,1-4H3,(H,27,31). The van der Waals surface area contributed by atoms with Crippen molar-refractivity contribution >= 4 is 28.8 Å². The van der Waals surface area contributed by atoms with E-state index in [1.807, 2.05) is 41.5 Å². The van der Waals surface area contributed by atoms with Gasteiger partial charge in [-0.05, 0) is 62.4 Å². The first-order chi connectivity index (χ1) is 17.0. The predicted molar refractivity (Wildman–Crippen MR) is 138 cm³/mol. The van der Waals surface area contributed by atoms with Crippen molar-refractivity contribution in [3.05, 3.63) is 52.2 Å². The Morgan fingerprint density at radius 2 is 2.11 bits per heavy atom. The maximum atomic E-state index is 13.0. The van der Waals surface area contributed by atoms with Crippen LogP contribution in [0.3, 0.4) is 0 Å². The molecular weight excluding hydrogens is 464 g/mol. The van der Waals surface area contributed by atoms with Gasteiger partial charge in [0, 0.05) is 18.3 Å². The third kappa shape index (κ3) is 5.41. The number of likely N-dealkylation sites (tertiary alicyclic amines) is 1. The van der Waals surface area contributed by atoms with E-state index in [1.165, 1.54) is 31.7 Å². The molecule has 1 N–H and O–H groups in total. The molecule has 188 valence electrons. The second kappa shape index (κ2) is 11.3. The maximum absolute atomic E-state index is 13.0. The number of allylic oxidation sites excluding steroid dienone is 1. The van der Waals surface area contributed by atoms with E-state index in [2.05, 4.69) is 17.3 Å². The molecule has 8 nitrogen and oxygen atoms in total. The third-order valence-electron chi connectivity index (χ3n) is 6.85. The number of carbonyl (C=O) groups excluding carboxylic acids is 2. The molecule has 1 aromatic rings. The van der Waals surface area contributed by atoms with Crippen molar-refractivity contribution < 1.29 is 19.1 Å². The summed E-state index contributed by atoms with van der Waals surface area (Å²) in [4.78, 5) is 35.0. The minimum absolute atomic E-state index is 0.0342. The van der Waals surface area contributed by atoms with Crippen LogP contribution in [0.2, 0.25) is 0 Å². The molecule has 1 fully saturated rings. The lowest BCUT2D eigenvalue weighted by atomic mass is 9.92. The summed E-state index contributed by atoms with van der Waals surface area (Å²) >= 11 is 1.48. The molecule has 0 saturated carbocycles. The highest BCUT2D eigenvalue weighted by Crippen LogP contribution is 2.45.